The van der Waals surface area contributed by atoms with Crippen LogP contribution in [0, 0.1) is 5.41 Å². The van der Waals surface area contributed by atoms with Crippen LogP contribution in [0.3, 0.4) is 0 Å². The van der Waals surface area contributed by atoms with E-state index in [1.165, 1.54) is 6.07 Å². The van der Waals surface area contributed by atoms with Crippen LogP contribution in [0.2, 0.25) is 0 Å². The molecule has 0 aliphatic rings. The molecule has 3 nitrogen and oxygen atoms in total. The monoisotopic (exact) mass is 189 g/mol. The van der Waals surface area contributed by atoms with Crippen molar-refractivity contribution in [3.8, 4) is 0 Å². The van der Waals surface area contributed by atoms with E-state index in [0.717, 1.165) is 12.3 Å². The maximum atomic E-state index is 12.2. The third kappa shape index (κ3) is 1.95. The van der Waals surface area contributed by atoms with E-state index < -0.39 is 23.3 Å². The minimum Gasteiger partial charge on any atom is -0.384 e. The van der Waals surface area contributed by atoms with E-state index in [4.69, 9.17) is 11.1 Å². The Balaban J connectivity index is 3.28. The summed E-state index contributed by atoms with van der Waals surface area (Å²) in [5.41, 5.74) is 3.44. The first-order chi connectivity index (χ1) is 5.93. The van der Waals surface area contributed by atoms with Gasteiger partial charge >= 0.3 is 6.18 Å². The van der Waals surface area contributed by atoms with Crippen LogP contribution in [-0.4, -0.2) is 10.8 Å². The second kappa shape index (κ2) is 3.04. The van der Waals surface area contributed by atoms with Crippen LogP contribution in [-0.2, 0) is 6.18 Å². The SMILES string of the molecule is N=C(N)c1cccnc1C(F)(F)F. The molecule has 1 aromatic rings. The van der Waals surface area contributed by atoms with Crippen molar-refractivity contribution in [3.63, 3.8) is 0 Å². The minimum absolute atomic E-state index is 0.394. The van der Waals surface area contributed by atoms with Gasteiger partial charge in [-0.05, 0) is 12.1 Å². The van der Waals surface area contributed by atoms with Gasteiger partial charge in [0.1, 0.15) is 5.84 Å². The first-order valence-electron chi connectivity index (χ1n) is 3.29. The molecule has 1 rings (SSSR count). The summed E-state index contributed by atoms with van der Waals surface area (Å²) in [6.45, 7) is 0. The zero-order chi connectivity index (χ0) is 10.1. The molecule has 1 heterocycles. The molecule has 0 atom stereocenters. The van der Waals surface area contributed by atoms with Crippen LogP contribution >= 0.6 is 0 Å². The minimum atomic E-state index is -4.57. The molecule has 0 saturated heterocycles. The lowest BCUT2D eigenvalue weighted by atomic mass is 10.2. The van der Waals surface area contributed by atoms with E-state index >= 15 is 0 Å². The van der Waals surface area contributed by atoms with Crippen molar-refractivity contribution in [1.29, 1.82) is 5.41 Å². The number of halogens is 3. The summed E-state index contributed by atoms with van der Waals surface area (Å²) in [7, 11) is 0. The number of pyridine rings is 1. The highest BCUT2D eigenvalue weighted by atomic mass is 19.4. The number of hydrogen-bond donors (Lipinski definition) is 2. The third-order valence-corrected chi connectivity index (χ3v) is 1.37. The molecule has 0 amide bonds. The van der Waals surface area contributed by atoms with Crippen molar-refractivity contribution in [2.45, 2.75) is 6.18 Å². The Morgan fingerprint density at radius 3 is 2.46 bits per heavy atom. The first kappa shape index (κ1) is 9.50. The summed E-state index contributed by atoms with van der Waals surface area (Å²) in [5.74, 6) is -0.638. The lowest BCUT2D eigenvalue weighted by molar-refractivity contribution is -0.141. The zero-order valence-corrected chi connectivity index (χ0v) is 6.39. The summed E-state index contributed by atoms with van der Waals surface area (Å²) in [5, 5.41) is 6.89. The molecular formula is C7H6F3N3. The largest absolute Gasteiger partial charge is 0.434 e. The van der Waals surface area contributed by atoms with Crippen molar-refractivity contribution in [1.82, 2.24) is 4.98 Å². The molecule has 0 fully saturated rings. The van der Waals surface area contributed by atoms with E-state index in [2.05, 4.69) is 4.98 Å². The Kier molecular flexibility index (Phi) is 2.22. The van der Waals surface area contributed by atoms with Crippen LogP contribution in [0.15, 0.2) is 18.3 Å². The molecule has 3 N–H and O–H groups in total. The van der Waals surface area contributed by atoms with Gasteiger partial charge in [-0.15, -0.1) is 0 Å². The van der Waals surface area contributed by atoms with Gasteiger partial charge in [0.2, 0.25) is 0 Å². The van der Waals surface area contributed by atoms with Crippen LogP contribution in [0.25, 0.3) is 0 Å². The predicted molar refractivity (Wildman–Crippen MR) is 40.3 cm³/mol. The van der Waals surface area contributed by atoms with Gasteiger partial charge in [-0.1, -0.05) is 0 Å². The van der Waals surface area contributed by atoms with E-state index in [9.17, 15) is 13.2 Å². The van der Waals surface area contributed by atoms with E-state index in [0.29, 0.717) is 0 Å². The molecule has 6 heteroatoms. The molecule has 0 saturated carbocycles. The van der Waals surface area contributed by atoms with Crippen LogP contribution in [0.4, 0.5) is 13.2 Å². The topological polar surface area (TPSA) is 62.8 Å². The average molecular weight is 189 g/mol. The molecule has 0 aliphatic carbocycles. The third-order valence-electron chi connectivity index (χ3n) is 1.37. The van der Waals surface area contributed by atoms with Gasteiger partial charge in [-0.3, -0.25) is 10.4 Å². The standard InChI is InChI=1S/C7H6F3N3/c8-7(9,10)5-4(6(11)12)2-1-3-13-5/h1-3H,(H3,11,12). The molecule has 0 bridgehead atoms. The maximum absolute atomic E-state index is 12.2. The molecular weight excluding hydrogens is 183 g/mol. The van der Waals surface area contributed by atoms with Gasteiger partial charge in [0.05, 0.1) is 0 Å². The number of nitrogens with one attached hydrogen (secondary N) is 1. The number of hydrogen-bond acceptors (Lipinski definition) is 2. The second-order valence-electron chi connectivity index (χ2n) is 2.31. The molecule has 0 unspecified atom stereocenters. The Morgan fingerprint density at radius 1 is 1.46 bits per heavy atom. The summed E-state index contributed by atoms with van der Waals surface area (Å²) >= 11 is 0. The quantitative estimate of drug-likeness (QED) is 0.517. The fourth-order valence-electron chi connectivity index (χ4n) is 0.849. The fraction of sp³-hybridized carbons (Fsp3) is 0.143. The smallest absolute Gasteiger partial charge is 0.384 e. The lowest BCUT2D eigenvalue weighted by Crippen LogP contribution is -2.20. The Bertz CT molecular complexity index is 332. The number of amidine groups is 1. The predicted octanol–water partition coefficient (Wildman–Crippen LogP) is 1.38. The average Bonchev–Trinajstić information content (AvgIpc) is 2.03. The van der Waals surface area contributed by atoms with Gasteiger partial charge < -0.3 is 5.73 Å². The number of nitrogen functional groups attached to an aromatic ring is 1. The summed E-state index contributed by atoms with van der Waals surface area (Å²) in [6.07, 6.45) is -3.56. The Hall–Kier alpha value is -1.59. The number of rotatable bonds is 1. The molecule has 13 heavy (non-hydrogen) atoms. The second-order valence-corrected chi connectivity index (χ2v) is 2.31. The zero-order valence-electron chi connectivity index (χ0n) is 6.39. The van der Waals surface area contributed by atoms with Crippen LogP contribution < -0.4 is 5.73 Å². The molecule has 0 spiro atoms. The fourth-order valence-corrected chi connectivity index (χ4v) is 0.849. The molecule has 0 radical (unpaired) electrons. The van der Waals surface area contributed by atoms with E-state index in [-0.39, 0.29) is 0 Å². The van der Waals surface area contributed by atoms with Crippen molar-refractivity contribution in [2.24, 2.45) is 5.73 Å². The molecule has 1 aromatic heterocycles. The Morgan fingerprint density at radius 2 is 2.08 bits per heavy atom. The number of aromatic nitrogens is 1. The summed E-state index contributed by atoms with van der Waals surface area (Å²) in [4.78, 5) is 3.13. The van der Waals surface area contributed by atoms with Gasteiger partial charge in [0.25, 0.3) is 0 Å². The van der Waals surface area contributed by atoms with Crippen LogP contribution in [0.5, 0.6) is 0 Å². The van der Waals surface area contributed by atoms with E-state index in [1.54, 1.807) is 0 Å². The summed E-state index contributed by atoms with van der Waals surface area (Å²) in [6, 6.07) is 2.41. The number of nitrogens with two attached hydrogens (primary N) is 1. The first-order valence-corrected chi connectivity index (χ1v) is 3.29. The van der Waals surface area contributed by atoms with E-state index in [1.807, 2.05) is 0 Å². The highest BCUT2D eigenvalue weighted by Gasteiger charge is 2.35. The Labute approximate surface area is 71.9 Å². The van der Waals surface area contributed by atoms with Gasteiger partial charge in [-0.2, -0.15) is 13.2 Å². The van der Waals surface area contributed by atoms with Crippen molar-refractivity contribution in [2.75, 3.05) is 0 Å². The summed E-state index contributed by atoms with van der Waals surface area (Å²) < 4.78 is 36.6. The van der Waals surface area contributed by atoms with Crippen molar-refractivity contribution < 1.29 is 13.2 Å². The van der Waals surface area contributed by atoms with Crippen LogP contribution in [0.1, 0.15) is 11.3 Å². The number of alkyl halides is 3. The molecule has 70 valence electrons. The van der Waals surface area contributed by atoms with Gasteiger partial charge in [-0.25, -0.2) is 0 Å². The van der Waals surface area contributed by atoms with Gasteiger partial charge in [0.15, 0.2) is 5.69 Å². The van der Waals surface area contributed by atoms with Gasteiger partial charge in [0, 0.05) is 11.8 Å². The molecule has 0 aliphatic heterocycles. The van der Waals surface area contributed by atoms with Crippen molar-refractivity contribution in [3.05, 3.63) is 29.6 Å². The molecule has 0 aromatic carbocycles. The van der Waals surface area contributed by atoms with Crippen molar-refractivity contribution >= 4 is 5.84 Å². The highest BCUT2D eigenvalue weighted by Crippen LogP contribution is 2.29. The normalized spacial score (nSPS) is 11.3. The lowest BCUT2D eigenvalue weighted by Gasteiger charge is -2.09. The maximum Gasteiger partial charge on any atom is 0.434 e. The highest BCUT2D eigenvalue weighted by molar-refractivity contribution is 5.96. The number of nitrogens with zero attached hydrogens (tertiary/aromatic N) is 1.